The smallest absolute Gasteiger partial charge is 0.457 e. The summed E-state index contributed by atoms with van der Waals surface area (Å²) in [7, 11) is -4.67. The Morgan fingerprint density at radius 2 is 0.816 bits per heavy atom. The molecule has 0 fully saturated rings. The molecule has 0 aliphatic heterocycles. The second-order valence-electron chi connectivity index (χ2n) is 10.7. The van der Waals surface area contributed by atoms with Gasteiger partial charge in [0.2, 0.25) is 0 Å². The Hall–Kier alpha value is -3.11. The number of allylic oxidation sites excluding steroid dienone is 16. The summed E-state index contributed by atoms with van der Waals surface area (Å²) in [6.07, 6.45) is 38.6. The van der Waals surface area contributed by atoms with Gasteiger partial charge in [0.05, 0.1) is 26.4 Å². The zero-order valence-corrected chi connectivity index (χ0v) is 30.2. The summed E-state index contributed by atoms with van der Waals surface area (Å²) < 4.78 is 32.2. The molecule has 10 nitrogen and oxygen atoms in total. The summed E-state index contributed by atoms with van der Waals surface area (Å²) in [6.45, 7) is 1.74. The van der Waals surface area contributed by atoms with Crippen molar-refractivity contribution in [2.45, 2.75) is 103 Å². The van der Waals surface area contributed by atoms with Gasteiger partial charge in [-0.25, -0.2) is 4.57 Å². The fraction of sp³-hybridized carbons (Fsp3) is 0.526. The van der Waals surface area contributed by atoms with E-state index in [1.807, 2.05) is 36.5 Å². The van der Waals surface area contributed by atoms with Crippen molar-refractivity contribution in [1.82, 2.24) is 0 Å². The lowest BCUT2D eigenvalue weighted by molar-refractivity contribution is -0.153. The van der Waals surface area contributed by atoms with Gasteiger partial charge in [0.25, 0.3) is 0 Å². The third-order valence-electron chi connectivity index (χ3n) is 6.32. The first-order chi connectivity index (χ1) is 23.8. The monoisotopic (exact) mass is 706 g/mol. The van der Waals surface area contributed by atoms with E-state index >= 15 is 0 Å². The molecule has 3 N–H and O–H groups in total. The highest BCUT2D eigenvalue weighted by Gasteiger charge is 2.27. The predicted molar refractivity (Wildman–Crippen MR) is 196 cm³/mol. The molecule has 0 bridgehead atoms. The average Bonchev–Trinajstić information content (AvgIpc) is 3.09. The number of aliphatic hydroxyl groups is 2. The molecule has 2 atom stereocenters. The lowest BCUT2D eigenvalue weighted by atomic mass is 10.2. The fourth-order valence-electron chi connectivity index (χ4n) is 3.73. The van der Waals surface area contributed by atoms with E-state index in [1.54, 1.807) is 0 Å². The molecule has 0 saturated carbocycles. The maximum atomic E-state index is 12.3. The van der Waals surface area contributed by atoms with Crippen LogP contribution in [0, 0.1) is 0 Å². The zero-order chi connectivity index (χ0) is 36.3. The Labute approximate surface area is 293 Å². The summed E-state index contributed by atoms with van der Waals surface area (Å²) in [5, 5.41) is 19.0. The van der Waals surface area contributed by atoms with Crippen molar-refractivity contribution in [3.63, 3.8) is 0 Å². The van der Waals surface area contributed by atoms with Gasteiger partial charge in [0.1, 0.15) is 12.2 Å². The highest BCUT2D eigenvalue weighted by atomic mass is 31.2. The molecule has 2 unspecified atom stereocenters. The third kappa shape index (κ3) is 31.9. The largest absolute Gasteiger partial charge is 0.472 e. The maximum Gasteiger partial charge on any atom is 0.472 e. The van der Waals surface area contributed by atoms with Crippen molar-refractivity contribution < 1.29 is 47.8 Å². The molecule has 0 radical (unpaired) electrons. The third-order valence-corrected chi connectivity index (χ3v) is 7.27. The Balaban J connectivity index is 4.24. The molecule has 0 spiro atoms. The number of esters is 2. The molecule has 0 amide bonds. The minimum atomic E-state index is -4.67. The topological polar surface area (TPSA) is 149 Å². The Morgan fingerprint density at radius 3 is 1.10 bits per heavy atom. The first kappa shape index (κ1) is 45.9. The van der Waals surface area contributed by atoms with E-state index in [0.717, 1.165) is 51.4 Å². The van der Waals surface area contributed by atoms with Crippen LogP contribution in [0.5, 0.6) is 0 Å². The Morgan fingerprint density at radius 1 is 0.531 bits per heavy atom. The molecule has 0 aliphatic rings. The second kappa shape index (κ2) is 33.4. The van der Waals surface area contributed by atoms with Crippen molar-refractivity contribution >= 4 is 19.8 Å². The average molecular weight is 707 g/mol. The van der Waals surface area contributed by atoms with Gasteiger partial charge in [-0.2, -0.15) is 0 Å². The molecule has 276 valence electrons. The summed E-state index contributed by atoms with van der Waals surface area (Å²) in [5.41, 5.74) is 0. The molecular weight excluding hydrogens is 647 g/mol. The van der Waals surface area contributed by atoms with Gasteiger partial charge in [0.15, 0.2) is 0 Å². The summed E-state index contributed by atoms with van der Waals surface area (Å²) in [4.78, 5) is 34.2. The second-order valence-corrected chi connectivity index (χ2v) is 12.2. The van der Waals surface area contributed by atoms with Crippen LogP contribution in [0.4, 0.5) is 0 Å². The molecule has 11 heteroatoms. The van der Waals surface area contributed by atoms with Crippen molar-refractivity contribution in [2.75, 3.05) is 26.4 Å². The van der Waals surface area contributed by atoms with Crippen LogP contribution in [0.3, 0.4) is 0 Å². The summed E-state index contributed by atoms with van der Waals surface area (Å²) >= 11 is 0. The van der Waals surface area contributed by atoms with Crippen molar-refractivity contribution in [3.8, 4) is 0 Å². The molecular formula is C38H59O10P. The number of carbonyl (C=O) groups is 2. The van der Waals surface area contributed by atoms with E-state index in [-0.39, 0.29) is 12.8 Å². The van der Waals surface area contributed by atoms with Crippen molar-refractivity contribution in [2.24, 2.45) is 0 Å². The lowest BCUT2D eigenvalue weighted by Gasteiger charge is -2.20. The molecule has 49 heavy (non-hydrogen) atoms. The number of ether oxygens (including phenoxy) is 2. The SMILES string of the molecule is CC/C=C\C/C=C\C/C=C\C/C=C\CCC(=O)OC(CO)COP(=O)(O)OCC(CO)OC(=O)CC/C=C\C/C=C\C/C=C\C/C=C\CC. The van der Waals surface area contributed by atoms with Gasteiger partial charge >= 0.3 is 19.8 Å². The highest BCUT2D eigenvalue weighted by Crippen LogP contribution is 2.43. The predicted octanol–water partition coefficient (Wildman–Crippen LogP) is 8.10. The van der Waals surface area contributed by atoms with Crippen LogP contribution in [0.25, 0.3) is 0 Å². The maximum absolute atomic E-state index is 12.3. The normalized spacial score (nSPS) is 15.3. The zero-order valence-electron chi connectivity index (χ0n) is 29.4. The lowest BCUT2D eigenvalue weighted by Crippen LogP contribution is -2.28. The summed E-state index contributed by atoms with van der Waals surface area (Å²) in [6, 6.07) is 0. The number of phosphoric ester groups is 1. The number of carbonyl (C=O) groups excluding carboxylic acids is 2. The molecule has 0 saturated heterocycles. The van der Waals surface area contributed by atoms with E-state index in [4.69, 9.17) is 18.5 Å². The number of phosphoric acid groups is 1. The molecule has 0 rings (SSSR count). The number of hydrogen-bond donors (Lipinski definition) is 3. The number of hydrogen-bond acceptors (Lipinski definition) is 9. The Kier molecular flexibility index (Phi) is 31.3. The van der Waals surface area contributed by atoms with Crippen LogP contribution in [0.2, 0.25) is 0 Å². The fourth-order valence-corrected chi connectivity index (χ4v) is 4.51. The molecule has 0 aromatic rings. The Bertz CT molecular complexity index is 1050. The number of rotatable bonds is 30. The van der Waals surface area contributed by atoms with Gasteiger partial charge in [-0.15, -0.1) is 0 Å². The minimum Gasteiger partial charge on any atom is -0.457 e. The first-order valence-corrected chi connectivity index (χ1v) is 18.7. The van der Waals surface area contributed by atoms with Crippen LogP contribution in [0.15, 0.2) is 97.2 Å². The van der Waals surface area contributed by atoms with E-state index in [2.05, 4.69) is 74.6 Å². The summed E-state index contributed by atoms with van der Waals surface area (Å²) in [5.74, 6) is -1.20. The van der Waals surface area contributed by atoms with Gasteiger partial charge < -0.3 is 24.6 Å². The molecule has 0 aliphatic carbocycles. The van der Waals surface area contributed by atoms with Crippen LogP contribution < -0.4 is 0 Å². The van der Waals surface area contributed by atoms with Gasteiger partial charge in [-0.3, -0.25) is 18.6 Å². The van der Waals surface area contributed by atoms with Gasteiger partial charge in [-0.1, -0.05) is 111 Å². The van der Waals surface area contributed by atoms with Crippen LogP contribution in [-0.2, 0) is 32.7 Å². The van der Waals surface area contributed by atoms with E-state index in [9.17, 15) is 29.3 Å². The quantitative estimate of drug-likeness (QED) is 0.0380. The van der Waals surface area contributed by atoms with E-state index in [1.165, 1.54) is 0 Å². The number of aliphatic hydroxyl groups excluding tert-OH is 2. The molecule has 0 aromatic carbocycles. The van der Waals surface area contributed by atoms with E-state index in [0.29, 0.717) is 12.8 Å². The molecule has 0 aromatic heterocycles. The van der Waals surface area contributed by atoms with Gasteiger partial charge in [-0.05, 0) is 64.2 Å². The van der Waals surface area contributed by atoms with E-state index < -0.39 is 58.4 Å². The van der Waals surface area contributed by atoms with Crippen molar-refractivity contribution in [3.05, 3.63) is 97.2 Å². The van der Waals surface area contributed by atoms with Crippen LogP contribution in [-0.4, -0.2) is 65.7 Å². The molecule has 0 heterocycles. The van der Waals surface area contributed by atoms with Gasteiger partial charge in [0, 0.05) is 12.8 Å². The minimum absolute atomic E-state index is 0.0594. The highest BCUT2D eigenvalue weighted by molar-refractivity contribution is 7.47. The van der Waals surface area contributed by atoms with Crippen molar-refractivity contribution in [1.29, 1.82) is 0 Å². The van der Waals surface area contributed by atoms with Crippen LogP contribution >= 0.6 is 7.82 Å². The van der Waals surface area contributed by atoms with Crippen LogP contribution in [0.1, 0.15) is 90.9 Å². The first-order valence-electron chi connectivity index (χ1n) is 17.2. The standard InChI is InChI=1S/C38H59O10P/c1-3-5-7-9-11-13-15-17-19-21-23-25-27-29-37(41)47-35(31-39)33-45-49(43,44)46-34-36(32-40)48-38(42)30-28-26-24-22-20-18-16-14-12-10-8-6-4-2/h5-8,11-14,17-20,23-26,35-36,39-40H,3-4,9-10,15-16,21-22,27-34H2,1-2H3,(H,43,44)/b7-5-,8-6-,13-11-,14-12-,19-17-,20-18-,25-23-,26-24-.